The summed E-state index contributed by atoms with van der Waals surface area (Å²) in [6, 6.07) is 7.81. The lowest BCUT2D eigenvalue weighted by molar-refractivity contribution is -0.129. The predicted octanol–water partition coefficient (Wildman–Crippen LogP) is 1.86. The number of nitrogens with one attached hydrogen (secondary N) is 2. The van der Waals surface area contributed by atoms with Crippen LogP contribution < -0.4 is 15.4 Å². The zero-order chi connectivity index (χ0) is 16.9. The van der Waals surface area contributed by atoms with Crippen molar-refractivity contribution in [2.24, 2.45) is 0 Å². The third-order valence-corrected chi connectivity index (χ3v) is 3.97. The fourth-order valence-corrected chi connectivity index (χ4v) is 2.53. The standard InChI is InChI=1S/C18H28N2O3/c1-13-16(19-8-10-22-13)17(21)20-9-11-23-15-7-5-6-14(12-15)18(2,3)4/h5-7,12-13,16,19H,8-11H2,1-4H3,(H,20,21)/t13-,16+/m1/s1. The molecule has 0 unspecified atom stereocenters. The Morgan fingerprint density at radius 1 is 1.43 bits per heavy atom. The summed E-state index contributed by atoms with van der Waals surface area (Å²) in [5, 5.41) is 6.06. The van der Waals surface area contributed by atoms with E-state index in [4.69, 9.17) is 9.47 Å². The zero-order valence-electron chi connectivity index (χ0n) is 14.5. The van der Waals surface area contributed by atoms with E-state index in [0.29, 0.717) is 26.3 Å². The normalized spacial score (nSPS) is 21.7. The van der Waals surface area contributed by atoms with E-state index in [2.05, 4.69) is 43.5 Å². The van der Waals surface area contributed by atoms with Gasteiger partial charge in [-0.3, -0.25) is 4.79 Å². The lowest BCUT2D eigenvalue weighted by Gasteiger charge is -2.29. The van der Waals surface area contributed by atoms with Gasteiger partial charge in [0.05, 0.1) is 19.3 Å². The first-order chi connectivity index (χ1) is 10.9. The average Bonchev–Trinajstić information content (AvgIpc) is 2.51. The van der Waals surface area contributed by atoms with Gasteiger partial charge in [0.1, 0.15) is 18.4 Å². The molecule has 1 aliphatic heterocycles. The summed E-state index contributed by atoms with van der Waals surface area (Å²) in [5.74, 6) is 0.795. The highest BCUT2D eigenvalue weighted by atomic mass is 16.5. The molecule has 128 valence electrons. The number of rotatable bonds is 5. The molecular formula is C18H28N2O3. The van der Waals surface area contributed by atoms with Gasteiger partial charge in [0, 0.05) is 6.54 Å². The molecular weight excluding hydrogens is 292 g/mol. The van der Waals surface area contributed by atoms with Crippen molar-refractivity contribution in [3.63, 3.8) is 0 Å². The molecule has 1 heterocycles. The molecule has 5 heteroatoms. The van der Waals surface area contributed by atoms with Gasteiger partial charge in [0.2, 0.25) is 5.91 Å². The van der Waals surface area contributed by atoms with Gasteiger partial charge in [-0.15, -0.1) is 0 Å². The Balaban J connectivity index is 1.76. The van der Waals surface area contributed by atoms with Crippen molar-refractivity contribution >= 4 is 5.91 Å². The van der Waals surface area contributed by atoms with Gasteiger partial charge in [-0.05, 0) is 30.0 Å². The van der Waals surface area contributed by atoms with E-state index in [0.717, 1.165) is 5.75 Å². The summed E-state index contributed by atoms with van der Waals surface area (Å²) in [6.45, 7) is 10.7. The van der Waals surface area contributed by atoms with Crippen LogP contribution in [0, 0.1) is 0 Å². The second kappa shape index (κ2) is 7.79. The van der Waals surface area contributed by atoms with Gasteiger partial charge in [-0.1, -0.05) is 32.9 Å². The van der Waals surface area contributed by atoms with E-state index in [-0.39, 0.29) is 23.5 Å². The van der Waals surface area contributed by atoms with Crippen LogP contribution in [0.15, 0.2) is 24.3 Å². The molecule has 0 spiro atoms. The Hall–Kier alpha value is -1.59. The smallest absolute Gasteiger partial charge is 0.239 e. The first-order valence-electron chi connectivity index (χ1n) is 8.24. The molecule has 1 aliphatic rings. The molecule has 1 aromatic carbocycles. The average molecular weight is 320 g/mol. The zero-order valence-corrected chi connectivity index (χ0v) is 14.5. The van der Waals surface area contributed by atoms with Gasteiger partial charge < -0.3 is 20.1 Å². The highest BCUT2D eigenvalue weighted by Gasteiger charge is 2.27. The number of morpholine rings is 1. The Morgan fingerprint density at radius 2 is 2.22 bits per heavy atom. The van der Waals surface area contributed by atoms with Crippen LogP contribution in [-0.2, 0) is 14.9 Å². The maximum absolute atomic E-state index is 12.1. The van der Waals surface area contributed by atoms with E-state index in [1.54, 1.807) is 0 Å². The summed E-state index contributed by atoms with van der Waals surface area (Å²) >= 11 is 0. The summed E-state index contributed by atoms with van der Waals surface area (Å²) in [4.78, 5) is 12.1. The fraction of sp³-hybridized carbons (Fsp3) is 0.611. The van der Waals surface area contributed by atoms with E-state index in [9.17, 15) is 4.79 Å². The molecule has 2 atom stereocenters. The van der Waals surface area contributed by atoms with Crippen LogP contribution >= 0.6 is 0 Å². The number of ether oxygens (including phenoxy) is 2. The van der Waals surface area contributed by atoms with E-state index in [1.807, 2.05) is 19.1 Å². The molecule has 0 saturated carbocycles. The molecule has 0 aromatic heterocycles. The van der Waals surface area contributed by atoms with Crippen LogP contribution in [0.3, 0.4) is 0 Å². The third-order valence-electron chi connectivity index (χ3n) is 3.97. The summed E-state index contributed by atoms with van der Waals surface area (Å²) < 4.78 is 11.2. The minimum atomic E-state index is -0.284. The Morgan fingerprint density at radius 3 is 2.91 bits per heavy atom. The van der Waals surface area contributed by atoms with E-state index < -0.39 is 0 Å². The number of carbonyl (C=O) groups excluding carboxylic acids is 1. The Kier molecular flexibility index (Phi) is 6.02. The molecule has 23 heavy (non-hydrogen) atoms. The first-order valence-corrected chi connectivity index (χ1v) is 8.24. The third kappa shape index (κ3) is 5.22. The first kappa shape index (κ1) is 17.8. The summed E-state index contributed by atoms with van der Waals surface area (Å²) in [7, 11) is 0. The maximum atomic E-state index is 12.1. The molecule has 2 N–H and O–H groups in total. The molecule has 1 fully saturated rings. The van der Waals surface area contributed by atoms with Crippen molar-refractivity contribution in [2.75, 3.05) is 26.3 Å². The topological polar surface area (TPSA) is 59.6 Å². The number of carbonyl (C=O) groups is 1. The molecule has 5 nitrogen and oxygen atoms in total. The summed E-state index contributed by atoms with van der Waals surface area (Å²) in [6.07, 6.45) is -0.104. The molecule has 2 rings (SSSR count). The van der Waals surface area contributed by atoms with Crippen LogP contribution in [0.4, 0.5) is 0 Å². The minimum absolute atomic E-state index is 0.0377. The molecule has 0 radical (unpaired) electrons. The Labute approximate surface area is 138 Å². The van der Waals surface area contributed by atoms with Gasteiger partial charge in [-0.25, -0.2) is 0 Å². The second-order valence-corrected chi connectivity index (χ2v) is 6.93. The van der Waals surface area contributed by atoms with Gasteiger partial charge in [0.15, 0.2) is 0 Å². The van der Waals surface area contributed by atoms with Crippen LogP contribution in [0.2, 0.25) is 0 Å². The summed E-state index contributed by atoms with van der Waals surface area (Å²) in [5.41, 5.74) is 1.33. The monoisotopic (exact) mass is 320 g/mol. The van der Waals surface area contributed by atoms with Crippen LogP contribution in [-0.4, -0.2) is 44.4 Å². The maximum Gasteiger partial charge on any atom is 0.239 e. The minimum Gasteiger partial charge on any atom is -0.492 e. The van der Waals surface area contributed by atoms with E-state index >= 15 is 0 Å². The van der Waals surface area contributed by atoms with E-state index in [1.165, 1.54) is 5.56 Å². The van der Waals surface area contributed by atoms with Crippen molar-refractivity contribution in [2.45, 2.75) is 45.3 Å². The molecule has 1 saturated heterocycles. The van der Waals surface area contributed by atoms with Crippen molar-refractivity contribution in [3.05, 3.63) is 29.8 Å². The quantitative estimate of drug-likeness (QED) is 0.813. The molecule has 0 aliphatic carbocycles. The fourth-order valence-electron chi connectivity index (χ4n) is 2.53. The van der Waals surface area contributed by atoms with Gasteiger partial charge in [-0.2, -0.15) is 0 Å². The van der Waals surface area contributed by atoms with Crippen molar-refractivity contribution in [1.29, 1.82) is 0 Å². The SMILES string of the molecule is C[C@H]1OCCN[C@@H]1C(=O)NCCOc1cccc(C(C)(C)C)c1. The van der Waals surface area contributed by atoms with Crippen LogP contribution in [0.5, 0.6) is 5.75 Å². The predicted molar refractivity (Wildman–Crippen MR) is 90.9 cm³/mol. The second-order valence-electron chi connectivity index (χ2n) is 6.93. The van der Waals surface area contributed by atoms with Gasteiger partial charge in [0.25, 0.3) is 0 Å². The highest BCUT2D eigenvalue weighted by molar-refractivity contribution is 5.82. The molecule has 0 bridgehead atoms. The molecule has 1 aromatic rings. The van der Waals surface area contributed by atoms with Crippen molar-refractivity contribution in [1.82, 2.24) is 10.6 Å². The lowest BCUT2D eigenvalue weighted by atomic mass is 9.87. The van der Waals surface area contributed by atoms with Crippen LogP contribution in [0.1, 0.15) is 33.3 Å². The number of hydrogen-bond acceptors (Lipinski definition) is 4. The number of benzene rings is 1. The Bertz CT molecular complexity index is 525. The molecule has 1 amide bonds. The highest BCUT2D eigenvalue weighted by Crippen LogP contribution is 2.25. The lowest BCUT2D eigenvalue weighted by Crippen LogP contribution is -2.55. The van der Waals surface area contributed by atoms with Crippen LogP contribution in [0.25, 0.3) is 0 Å². The van der Waals surface area contributed by atoms with Gasteiger partial charge >= 0.3 is 0 Å². The number of amides is 1. The van der Waals surface area contributed by atoms with Crippen molar-refractivity contribution < 1.29 is 14.3 Å². The van der Waals surface area contributed by atoms with Crippen molar-refractivity contribution in [3.8, 4) is 5.75 Å². The largest absolute Gasteiger partial charge is 0.492 e. The number of hydrogen-bond donors (Lipinski definition) is 2.